The molecule has 0 unspecified atom stereocenters. The molecule has 0 radical (unpaired) electrons. The highest BCUT2D eigenvalue weighted by Gasteiger charge is 2.52. The number of hydrogen-bond acceptors (Lipinski definition) is 2. The molecule has 1 heterocycles. The quantitative estimate of drug-likeness (QED) is 0.902. The van der Waals surface area contributed by atoms with Gasteiger partial charge in [-0.2, -0.15) is 0 Å². The number of rotatable bonds is 4. The van der Waals surface area contributed by atoms with Crippen LogP contribution in [0.2, 0.25) is 0 Å². The first-order valence-electron chi connectivity index (χ1n) is 10.2. The minimum absolute atomic E-state index is 0.0801. The lowest BCUT2D eigenvalue weighted by Crippen LogP contribution is -2.60. The zero-order valence-electron chi connectivity index (χ0n) is 15.9. The number of carbonyl (C=O) groups excluding carboxylic acids is 2. The molecule has 4 rings (SSSR count). The Morgan fingerprint density at radius 3 is 2.46 bits per heavy atom. The van der Waals surface area contributed by atoms with Crippen molar-refractivity contribution in [3.8, 4) is 0 Å². The molecule has 3 fully saturated rings. The highest BCUT2D eigenvalue weighted by atomic mass is 16.2. The van der Waals surface area contributed by atoms with E-state index in [1.54, 1.807) is 0 Å². The second-order valence-electron chi connectivity index (χ2n) is 8.62. The van der Waals surface area contributed by atoms with Gasteiger partial charge in [-0.3, -0.25) is 9.59 Å². The maximum absolute atomic E-state index is 12.9. The monoisotopic (exact) mass is 354 g/mol. The summed E-state index contributed by atoms with van der Waals surface area (Å²) in [6, 6.07) is 11.1. The topological polar surface area (TPSA) is 49.4 Å². The molecule has 1 N–H and O–H groups in total. The van der Waals surface area contributed by atoms with Gasteiger partial charge in [-0.1, -0.05) is 43.2 Å². The van der Waals surface area contributed by atoms with Crippen molar-refractivity contribution in [2.24, 2.45) is 17.8 Å². The Morgan fingerprint density at radius 2 is 1.81 bits per heavy atom. The highest BCUT2D eigenvalue weighted by molar-refractivity contribution is 5.89. The summed E-state index contributed by atoms with van der Waals surface area (Å²) in [5.74, 6) is 1.75. The lowest BCUT2D eigenvalue weighted by Gasteiger charge is -2.55. The van der Waals surface area contributed by atoms with Crippen LogP contribution in [0.4, 0.5) is 0 Å². The van der Waals surface area contributed by atoms with Crippen LogP contribution in [-0.4, -0.2) is 35.3 Å². The number of fused-ring (bicyclic) bond motifs is 1. The van der Waals surface area contributed by atoms with Gasteiger partial charge < -0.3 is 10.2 Å². The molecule has 3 aliphatic rings. The fraction of sp³-hybridized carbons (Fsp3) is 0.636. The van der Waals surface area contributed by atoms with Gasteiger partial charge in [0.1, 0.15) is 0 Å². The largest absolute Gasteiger partial charge is 0.352 e. The summed E-state index contributed by atoms with van der Waals surface area (Å²) in [4.78, 5) is 26.9. The molecular weight excluding hydrogens is 324 g/mol. The van der Waals surface area contributed by atoms with Crippen LogP contribution in [-0.2, 0) is 9.59 Å². The van der Waals surface area contributed by atoms with E-state index in [0.717, 1.165) is 0 Å². The molecule has 4 heteroatoms. The van der Waals surface area contributed by atoms with Crippen molar-refractivity contribution in [3.05, 3.63) is 35.9 Å². The van der Waals surface area contributed by atoms with E-state index >= 15 is 0 Å². The molecule has 0 aromatic heterocycles. The maximum Gasteiger partial charge on any atom is 0.225 e. The van der Waals surface area contributed by atoms with Crippen molar-refractivity contribution >= 4 is 11.8 Å². The zero-order chi connectivity index (χ0) is 18.3. The zero-order valence-corrected chi connectivity index (χ0v) is 15.9. The molecule has 4 nitrogen and oxygen atoms in total. The van der Waals surface area contributed by atoms with Crippen LogP contribution in [0, 0.1) is 17.8 Å². The van der Waals surface area contributed by atoms with Crippen molar-refractivity contribution in [2.45, 2.75) is 64.0 Å². The average Bonchev–Trinajstić information content (AvgIpc) is 3.03. The Labute approximate surface area is 156 Å². The second kappa shape index (κ2) is 7.05. The molecule has 2 amide bonds. The molecule has 1 saturated heterocycles. The van der Waals surface area contributed by atoms with Crippen LogP contribution >= 0.6 is 0 Å². The molecule has 26 heavy (non-hydrogen) atoms. The predicted octanol–water partition coefficient (Wildman–Crippen LogP) is 3.33. The number of nitrogens with zero attached hydrogens (tertiary/aromatic N) is 1. The van der Waals surface area contributed by atoms with E-state index in [1.807, 2.05) is 18.7 Å². The summed E-state index contributed by atoms with van der Waals surface area (Å²) in [7, 11) is 0. The molecule has 140 valence electrons. The Balaban J connectivity index is 1.47. The van der Waals surface area contributed by atoms with Gasteiger partial charge in [0, 0.05) is 31.0 Å². The van der Waals surface area contributed by atoms with Gasteiger partial charge in [0.05, 0.1) is 5.92 Å². The van der Waals surface area contributed by atoms with E-state index in [2.05, 4.69) is 35.6 Å². The lowest BCUT2D eigenvalue weighted by molar-refractivity contribution is -0.131. The molecule has 1 aromatic carbocycles. The number of carbonyl (C=O) groups is 2. The van der Waals surface area contributed by atoms with Gasteiger partial charge in [-0.05, 0) is 44.1 Å². The second-order valence-corrected chi connectivity index (χ2v) is 8.62. The summed E-state index contributed by atoms with van der Waals surface area (Å²) < 4.78 is 0. The summed E-state index contributed by atoms with van der Waals surface area (Å²) >= 11 is 0. The molecule has 2 aliphatic carbocycles. The van der Waals surface area contributed by atoms with Crippen LogP contribution in [0.1, 0.15) is 57.4 Å². The van der Waals surface area contributed by atoms with Crippen LogP contribution in [0.3, 0.4) is 0 Å². The van der Waals surface area contributed by atoms with E-state index in [9.17, 15) is 9.59 Å². The van der Waals surface area contributed by atoms with E-state index in [4.69, 9.17) is 0 Å². The molecule has 1 aliphatic heterocycles. The Morgan fingerprint density at radius 1 is 1.12 bits per heavy atom. The minimum Gasteiger partial charge on any atom is -0.352 e. The Kier molecular flexibility index (Phi) is 4.76. The highest BCUT2D eigenvalue weighted by Crippen LogP contribution is 2.54. The Bertz CT molecular complexity index is 672. The molecular formula is C22H30N2O2. The van der Waals surface area contributed by atoms with Gasteiger partial charge >= 0.3 is 0 Å². The SMILES string of the molecule is CC(C)N1C[C@H](C(=O)N[C@H]2[C@H]3CCCC[C@H]3[C@@H]2c2ccccc2)CC1=O. The van der Waals surface area contributed by atoms with Crippen LogP contribution < -0.4 is 5.32 Å². The number of hydrogen-bond donors (Lipinski definition) is 1. The molecule has 1 aromatic rings. The van der Waals surface area contributed by atoms with E-state index in [1.165, 1.54) is 31.2 Å². The average molecular weight is 354 g/mol. The summed E-state index contributed by atoms with van der Waals surface area (Å²) in [6.45, 7) is 4.60. The van der Waals surface area contributed by atoms with Gasteiger partial charge in [0.15, 0.2) is 0 Å². The normalized spacial score (nSPS) is 33.7. The maximum atomic E-state index is 12.9. The van der Waals surface area contributed by atoms with Gasteiger partial charge in [-0.15, -0.1) is 0 Å². The number of nitrogens with one attached hydrogen (secondary N) is 1. The fourth-order valence-electron chi connectivity index (χ4n) is 5.48. The van der Waals surface area contributed by atoms with Gasteiger partial charge in [-0.25, -0.2) is 0 Å². The van der Waals surface area contributed by atoms with E-state index < -0.39 is 0 Å². The van der Waals surface area contributed by atoms with Crippen molar-refractivity contribution in [1.82, 2.24) is 10.2 Å². The summed E-state index contributed by atoms with van der Waals surface area (Å²) in [5, 5.41) is 3.37. The molecule has 5 atom stereocenters. The fourth-order valence-corrected chi connectivity index (χ4v) is 5.48. The third-order valence-electron chi connectivity index (χ3n) is 6.83. The van der Waals surface area contributed by atoms with Crippen molar-refractivity contribution in [1.29, 1.82) is 0 Å². The van der Waals surface area contributed by atoms with Gasteiger partial charge in [0.2, 0.25) is 11.8 Å². The van der Waals surface area contributed by atoms with Crippen molar-refractivity contribution in [2.75, 3.05) is 6.54 Å². The lowest BCUT2D eigenvalue weighted by atomic mass is 9.53. The van der Waals surface area contributed by atoms with E-state index in [-0.39, 0.29) is 29.8 Å². The summed E-state index contributed by atoms with van der Waals surface area (Å²) in [5.41, 5.74) is 1.35. The third-order valence-corrected chi connectivity index (χ3v) is 6.83. The standard InChI is InChI=1S/C22H30N2O2/c1-14(2)24-13-16(12-19(24)25)22(26)23-21-18-11-7-6-10-17(18)20(21)15-8-4-3-5-9-15/h3-5,8-9,14,16-18,20-21H,6-7,10-13H2,1-2H3,(H,23,26)/t16-,17-,18+,20+,21+/m1/s1. The third kappa shape index (κ3) is 3.04. The molecule has 0 bridgehead atoms. The van der Waals surface area contributed by atoms with Crippen molar-refractivity contribution < 1.29 is 9.59 Å². The number of benzene rings is 1. The van der Waals surface area contributed by atoms with E-state index in [0.29, 0.717) is 30.7 Å². The first kappa shape index (κ1) is 17.6. The van der Waals surface area contributed by atoms with Crippen LogP contribution in [0.25, 0.3) is 0 Å². The van der Waals surface area contributed by atoms with Crippen molar-refractivity contribution in [3.63, 3.8) is 0 Å². The molecule has 0 spiro atoms. The molecule has 2 saturated carbocycles. The summed E-state index contributed by atoms with van der Waals surface area (Å²) in [6.07, 6.45) is 5.45. The first-order chi connectivity index (χ1) is 12.6. The first-order valence-corrected chi connectivity index (χ1v) is 10.2. The smallest absolute Gasteiger partial charge is 0.225 e. The number of amides is 2. The number of likely N-dealkylation sites (tertiary alicyclic amines) is 1. The van der Waals surface area contributed by atoms with Crippen LogP contribution in [0.5, 0.6) is 0 Å². The van der Waals surface area contributed by atoms with Gasteiger partial charge in [0.25, 0.3) is 0 Å². The van der Waals surface area contributed by atoms with Crippen LogP contribution in [0.15, 0.2) is 30.3 Å². The minimum atomic E-state index is -0.191. The Hall–Kier alpha value is -1.84. The predicted molar refractivity (Wildman–Crippen MR) is 102 cm³/mol.